The summed E-state index contributed by atoms with van der Waals surface area (Å²) in [6, 6.07) is 1.47. The topological polar surface area (TPSA) is 15.3 Å². The molecule has 3 unspecified atom stereocenters. The summed E-state index contributed by atoms with van der Waals surface area (Å²) in [5.41, 5.74) is 0. The van der Waals surface area contributed by atoms with Gasteiger partial charge in [0.15, 0.2) is 0 Å². The molecule has 1 fully saturated rings. The molecule has 0 aliphatic carbocycles. The molecule has 1 saturated heterocycles. The third-order valence-electron chi connectivity index (χ3n) is 3.15. The van der Waals surface area contributed by atoms with Crippen molar-refractivity contribution < 1.29 is 0 Å². The van der Waals surface area contributed by atoms with Crippen molar-refractivity contribution in [1.82, 2.24) is 10.2 Å². The Labute approximate surface area is 88.1 Å². The lowest BCUT2D eigenvalue weighted by Gasteiger charge is -2.21. The Balaban J connectivity index is 2.42. The van der Waals surface area contributed by atoms with Gasteiger partial charge in [0.05, 0.1) is 6.04 Å². The first-order valence-electron chi connectivity index (χ1n) is 5.47. The number of likely N-dealkylation sites (N-methyl/N-ethyl adjacent to an activating group) is 1. The SMILES string of the molecule is C#CC(NC1CC(C)N(C)C1)C(C)C. The van der Waals surface area contributed by atoms with Crippen molar-refractivity contribution >= 4 is 0 Å². The van der Waals surface area contributed by atoms with E-state index < -0.39 is 0 Å². The highest BCUT2D eigenvalue weighted by Gasteiger charge is 2.27. The molecule has 0 aromatic heterocycles. The van der Waals surface area contributed by atoms with E-state index in [4.69, 9.17) is 6.42 Å². The van der Waals surface area contributed by atoms with Crippen molar-refractivity contribution in [3.63, 3.8) is 0 Å². The smallest absolute Gasteiger partial charge is 0.0712 e. The zero-order chi connectivity index (χ0) is 10.7. The van der Waals surface area contributed by atoms with Crippen molar-refractivity contribution in [2.75, 3.05) is 13.6 Å². The Morgan fingerprint density at radius 1 is 1.50 bits per heavy atom. The second-order valence-electron chi connectivity index (χ2n) is 4.78. The minimum Gasteiger partial charge on any atom is -0.302 e. The van der Waals surface area contributed by atoms with E-state index in [1.807, 2.05) is 0 Å². The van der Waals surface area contributed by atoms with E-state index in [-0.39, 0.29) is 6.04 Å². The molecule has 3 atom stereocenters. The van der Waals surface area contributed by atoms with Crippen LogP contribution in [0.4, 0.5) is 0 Å². The fraction of sp³-hybridized carbons (Fsp3) is 0.833. The molecule has 80 valence electrons. The highest BCUT2D eigenvalue weighted by molar-refractivity contribution is 5.02. The lowest BCUT2D eigenvalue weighted by atomic mass is 10.0. The van der Waals surface area contributed by atoms with Crippen LogP contribution in [-0.2, 0) is 0 Å². The summed E-state index contributed by atoms with van der Waals surface area (Å²) >= 11 is 0. The summed E-state index contributed by atoms with van der Waals surface area (Å²) in [7, 11) is 2.17. The minimum atomic E-state index is 0.221. The van der Waals surface area contributed by atoms with Gasteiger partial charge in [-0.15, -0.1) is 6.42 Å². The Morgan fingerprint density at radius 3 is 2.50 bits per heavy atom. The number of likely N-dealkylation sites (tertiary alicyclic amines) is 1. The van der Waals surface area contributed by atoms with Crippen LogP contribution in [-0.4, -0.2) is 36.6 Å². The summed E-state index contributed by atoms with van der Waals surface area (Å²) < 4.78 is 0. The highest BCUT2D eigenvalue weighted by Crippen LogP contribution is 2.16. The van der Waals surface area contributed by atoms with Crippen molar-refractivity contribution in [2.24, 2.45) is 5.92 Å². The molecular weight excluding hydrogens is 172 g/mol. The number of rotatable bonds is 3. The summed E-state index contributed by atoms with van der Waals surface area (Å²) in [6.45, 7) is 7.72. The molecule has 1 aliphatic rings. The molecule has 0 aromatic carbocycles. The van der Waals surface area contributed by atoms with Gasteiger partial charge in [-0.3, -0.25) is 5.32 Å². The van der Waals surface area contributed by atoms with Gasteiger partial charge in [-0.1, -0.05) is 19.8 Å². The maximum absolute atomic E-state index is 5.50. The molecule has 1 N–H and O–H groups in total. The van der Waals surface area contributed by atoms with Crippen molar-refractivity contribution in [1.29, 1.82) is 0 Å². The van der Waals surface area contributed by atoms with Crippen LogP contribution in [0.2, 0.25) is 0 Å². The Bertz CT molecular complexity index is 207. The van der Waals surface area contributed by atoms with Gasteiger partial charge < -0.3 is 4.90 Å². The average Bonchev–Trinajstić information content (AvgIpc) is 2.41. The summed E-state index contributed by atoms with van der Waals surface area (Å²) in [4.78, 5) is 2.38. The lowest BCUT2D eigenvalue weighted by Crippen LogP contribution is -2.41. The molecule has 1 heterocycles. The van der Waals surface area contributed by atoms with Gasteiger partial charge in [0.2, 0.25) is 0 Å². The van der Waals surface area contributed by atoms with Gasteiger partial charge in [0.1, 0.15) is 0 Å². The molecule has 2 nitrogen and oxygen atoms in total. The van der Waals surface area contributed by atoms with Crippen molar-refractivity contribution in [2.45, 2.75) is 45.3 Å². The van der Waals surface area contributed by atoms with Crippen LogP contribution in [0.3, 0.4) is 0 Å². The highest BCUT2D eigenvalue weighted by atomic mass is 15.2. The summed E-state index contributed by atoms with van der Waals surface area (Å²) in [6.07, 6.45) is 6.70. The van der Waals surface area contributed by atoms with Crippen LogP contribution in [0, 0.1) is 18.3 Å². The number of hydrogen-bond donors (Lipinski definition) is 1. The molecule has 14 heavy (non-hydrogen) atoms. The van der Waals surface area contributed by atoms with E-state index in [0.717, 1.165) is 6.54 Å². The maximum atomic E-state index is 5.50. The first-order valence-corrected chi connectivity index (χ1v) is 5.47. The largest absolute Gasteiger partial charge is 0.302 e. The van der Waals surface area contributed by atoms with Gasteiger partial charge in [-0.2, -0.15) is 0 Å². The molecule has 1 rings (SSSR count). The standard InChI is InChI=1S/C12H22N2/c1-6-12(9(2)3)13-11-7-10(4)14(5)8-11/h1,9-13H,7-8H2,2-5H3. The van der Waals surface area contributed by atoms with E-state index in [1.165, 1.54) is 6.42 Å². The quantitative estimate of drug-likeness (QED) is 0.682. The molecule has 0 amide bonds. The molecule has 0 bridgehead atoms. The van der Waals surface area contributed by atoms with Crippen LogP contribution in [0.25, 0.3) is 0 Å². The fourth-order valence-electron chi connectivity index (χ4n) is 2.00. The van der Waals surface area contributed by atoms with Gasteiger partial charge in [-0.05, 0) is 26.3 Å². The predicted octanol–water partition coefficient (Wildman–Crippen LogP) is 1.33. The Morgan fingerprint density at radius 2 is 2.14 bits per heavy atom. The zero-order valence-corrected chi connectivity index (χ0v) is 9.75. The van der Waals surface area contributed by atoms with E-state index in [0.29, 0.717) is 18.0 Å². The monoisotopic (exact) mass is 194 g/mol. The fourth-order valence-corrected chi connectivity index (χ4v) is 2.00. The maximum Gasteiger partial charge on any atom is 0.0712 e. The van der Waals surface area contributed by atoms with Gasteiger partial charge >= 0.3 is 0 Å². The molecule has 0 saturated carbocycles. The van der Waals surface area contributed by atoms with Crippen LogP contribution >= 0.6 is 0 Å². The average molecular weight is 194 g/mol. The van der Waals surface area contributed by atoms with Gasteiger partial charge in [-0.25, -0.2) is 0 Å². The van der Waals surface area contributed by atoms with E-state index in [2.05, 4.69) is 44.0 Å². The minimum absolute atomic E-state index is 0.221. The van der Waals surface area contributed by atoms with E-state index in [1.54, 1.807) is 0 Å². The van der Waals surface area contributed by atoms with Crippen LogP contribution in [0.15, 0.2) is 0 Å². The molecular formula is C12H22N2. The van der Waals surface area contributed by atoms with E-state index in [9.17, 15) is 0 Å². The molecule has 0 spiro atoms. The normalized spacial score (nSPS) is 30.6. The van der Waals surface area contributed by atoms with Crippen LogP contribution in [0.1, 0.15) is 27.2 Å². The first kappa shape index (κ1) is 11.6. The third-order valence-corrected chi connectivity index (χ3v) is 3.15. The zero-order valence-electron chi connectivity index (χ0n) is 9.75. The Kier molecular flexibility index (Phi) is 3.97. The number of hydrogen-bond acceptors (Lipinski definition) is 2. The molecule has 2 heteroatoms. The first-order chi connectivity index (χ1) is 6.54. The Hall–Kier alpha value is -0.520. The molecule has 0 radical (unpaired) electrons. The number of nitrogens with zero attached hydrogens (tertiary/aromatic N) is 1. The third kappa shape index (κ3) is 2.73. The molecule has 1 aliphatic heterocycles. The number of nitrogens with one attached hydrogen (secondary N) is 1. The van der Waals surface area contributed by atoms with Crippen molar-refractivity contribution in [3.8, 4) is 12.3 Å². The second kappa shape index (κ2) is 4.82. The predicted molar refractivity (Wildman–Crippen MR) is 61.1 cm³/mol. The van der Waals surface area contributed by atoms with Gasteiger partial charge in [0, 0.05) is 18.6 Å². The van der Waals surface area contributed by atoms with Crippen molar-refractivity contribution in [3.05, 3.63) is 0 Å². The van der Waals surface area contributed by atoms with Gasteiger partial charge in [0.25, 0.3) is 0 Å². The second-order valence-corrected chi connectivity index (χ2v) is 4.78. The number of terminal acetylenes is 1. The van der Waals surface area contributed by atoms with E-state index >= 15 is 0 Å². The molecule has 0 aromatic rings. The lowest BCUT2D eigenvalue weighted by molar-refractivity contribution is 0.323. The van der Waals surface area contributed by atoms with Crippen LogP contribution in [0.5, 0.6) is 0 Å². The summed E-state index contributed by atoms with van der Waals surface area (Å²) in [5.74, 6) is 3.34. The van der Waals surface area contributed by atoms with Crippen LogP contribution < -0.4 is 5.32 Å². The summed E-state index contributed by atoms with van der Waals surface area (Å²) in [5, 5.41) is 3.55.